The van der Waals surface area contributed by atoms with Gasteiger partial charge in [0, 0.05) is 27.4 Å². The molecule has 0 unspecified atom stereocenters. The molecule has 0 aliphatic heterocycles. The number of ketones is 1. The molecule has 0 aliphatic rings. The predicted octanol–water partition coefficient (Wildman–Crippen LogP) is 4.97. The fourth-order valence-corrected chi connectivity index (χ4v) is 4.50. The Bertz CT molecular complexity index is 1080. The van der Waals surface area contributed by atoms with E-state index in [-0.39, 0.29) is 5.78 Å². The van der Waals surface area contributed by atoms with Gasteiger partial charge in [-0.3, -0.25) is 9.89 Å². The van der Waals surface area contributed by atoms with Crippen LogP contribution in [0.5, 0.6) is 0 Å². The molecule has 5 nitrogen and oxygen atoms in total. The molecule has 0 saturated heterocycles. The SMILES string of the molecule is Cc1cc(C(=O)CSc2n[nH]c(-c3ccccc3)n2)c(C)n1Cc1cccs1. The quantitative estimate of drug-likeness (QED) is 0.346. The lowest BCUT2D eigenvalue weighted by molar-refractivity contribution is 0.102. The molecule has 0 aliphatic carbocycles. The van der Waals surface area contributed by atoms with Gasteiger partial charge in [0.15, 0.2) is 11.6 Å². The number of H-pyrrole nitrogens is 1. The van der Waals surface area contributed by atoms with Crippen molar-refractivity contribution in [2.24, 2.45) is 0 Å². The number of hydrogen-bond donors (Lipinski definition) is 1. The summed E-state index contributed by atoms with van der Waals surface area (Å²) in [6, 6.07) is 16.0. The molecule has 7 heteroatoms. The molecule has 0 fully saturated rings. The Kier molecular flexibility index (Phi) is 5.45. The monoisotopic (exact) mass is 408 g/mol. The fourth-order valence-electron chi connectivity index (χ4n) is 3.13. The maximum atomic E-state index is 12.8. The number of thiophene rings is 1. The molecule has 1 aromatic carbocycles. The van der Waals surface area contributed by atoms with E-state index in [9.17, 15) is 4.79 Å². The number of aromatic amines is 1. The van der Waals surface area contributed by atoms with Gasteiger partial charge in [0.2, 0.25) is 5.16 Å². The highest BCUT2D eigenvalue weighted by molar-refractivity contribution is 7.99. The second-order valence-electron chi connectivity index (χ2n) is 6.49. The van der Waals surface area contributed by atoms with Crippen LogP contribution in [-0.2, 0) is 6.54 Å². The fraction of sp³-hybridized carbons (Fsp3) is 0.190. The summed E-state index contributed by atoms with van der Waals surface area (Å²) in [7, 11) is 0. The normalized spacial score (nSPS) is 11.1. The van der Waals surface area contributed by atoms with E-state index >= 15 is 0 Å². The van der Waals surface area contributed by atoms with Crippen LogP contribution in [0.15, 0.2) is 59.1 Å². The van der Waals surface area contributed by atoms with E-state index in [0.29, 0.717) is 16.7 Å². The number of carbonyl (C=O) groups is 1. The van der Waals surface area contributed by atoms with Gasteiger partial charge in [-0.15, -0.1) is 16.4 Å². The zero-order chi connectivity index (χ0) is 19.5. The van der Waals surface area contributed by atoms with Gasteiger partial charge in [0.1, 0.15) is 0 Å². The standard InChI is InChI=1S/C21H20N4OS2/c1-14-11-18(15(2)25(14)12-17-9-6-10-27-17)19(26)13-28-21-22-20(23-24-21)16-7-4-3-5-8-16/h3-11H,12-13H2,1-2H3,(H,22,23,24). The number of aromatic nitrogens is 4. The average Bonchev–Trinajstić information content (AvgIpc) is 3.45. The lowest BCUT2D eigenvalue weighted by atomic mass is 10.2. The van der Waals surface area contributed by atoms with E-state index in [1.54, 1.807) is 11.3 Å². The van der Waals surface area contributed by atoms with Crippen molar-refractivity contribution in [1.82, 2.24) is 19.7 Å². The van der Waals surface area contributed by atoms with E-state index < -0.39 is 0 Å². The maximum absolute atomic E-state index is 12.8. The molecule has 0 spiro atoms. The van der Waals surface area contributed by atoms with Gasteiger partial charge in [-0.05, 0) is 31.4 Å². The molecule has 4 rings (SSSR count). The molecule has 0 atom stereocenters. The minimum atomic E-state index is 0.0987. The highest BCUT2D eigenvalue weighted by Gasteiger charge is 2.17. The summed E-state index contributed by atoms with van der Waals surface area (Å²) in [5, 5.41) is 9.82. The van der Waals surface area contributed by atoms with Crippen molar-refractivity contribution >= 4 is 28.9 Å². The topological polar surface area (TPSA) is 63.6 Å². The average molecular weight is 409 g/mol. The molecule has 0 bridgehead atoms. The third kappa shape index (κ3) is 3.95. The molecule has 142 valence electrons. The zero-order valence-electron chi connectivity index (χ0n) is 15.7. The van der Waals surface area contributed by atoms with Gasteiger partial charge < -0.3 is 4.57 Å². The second kappa shape index (κ2) is 8.16. The van der Waals surface area contributed by atoms with Crippen molar-refractivity contribution in [3.05, 3.63) is 75.7 Å². The van der Waals surface area contributed by atoms with Gasteiger partial charge in [-0.2, -0.15) is 0 Å². The van der Waals surface area contributed by atoms with Crippen molar-refractivity contribution < 1.29 is 4.79 Å². The second-order valence-corrected chi connectivity index (χ2v) is 8.47. The minimum Gasteiger partial charge on any atom is -0.343 e. The maximum Gasteiger partial charge on any atom is 0.209 e. The van der Waals surface area contributed by atoms with Crippen LogP contribution >= 0.6 is 23.1 Å². The van der Waals surface area contributed by atoms with Crippen molar-refractivity contribution in [2.45, 2.75) is 25.5 Å². The number of thioether (sulfide) groups is 1. The minimum absolute atomic E-state index is 0.0987. The molecule has 4 aromatic rings. The number of carbonyl (C=O) groups excluding carboxylic acids is 1. The molecule has 0 amide bonds. The molecule has 0 radical (unpaired) electrons. The zero-order valence-corrected chi connectivity index (χ0v) is 17.3. The lowest BCUT2D eigenvalue weighted by Gasteiger charge is -2.08. The van der Waals surface area contributed by atoms with E-state index in [1.165, 1.54) is 16.6 Å². The summed E-state index contributed by atoms with van der Waals surface area (Å²) < 4.78 is 2.20. The van der Waals surface area contributed by atoms with Crippen LogP contribution < -0.4 is 0 Å². The molecule has 0 saturated carbocycles. The first-order valence-electron chi connectivity index (χ1n) is 8.95. The van der Waals surface area contributed by atoms with Crippen LogP contribution in [0.4, 0.5) is 0 Å². The first kappa shape index (κ1) is 18.7. The summed E-state index contributed by atoms with van der Waals surface area (Å²) >= 11 is 3.09. The van der Waals surface area contributed by atoms with Crippen LogP contribution in [-0.4, -0.2) is 31.3 Å². The first-order chi connectivity index (χ1) is 13.6. The summed E-state index contributed by atoms with van der Waals surface area (Å²) in [6.45, 7) is 4.86. The third-order valence-electron chi connectivity index (χ3n) is 4.61. The van der Waals surface area contributed by atoms with E-state index in [2.05, 4.69) is 37.3 Å². The first-order valence-corrected chi connectivity index (χ1v) is 10.8. The number of aryl methyl sites for hydroxylation is 1. The van der Waals surface area contributed by atoms with Crippen molar-refractivity contribution in [3.63, 3.8) is 0 Å². The van der Waals surface area contributed by atoms with Crippen molar-refractivity contribution in [3.8, 4) is 11.4 Å². The third-order valence-corrected chi connectivity index (χ3v) is 6.32. The van der Waals surface area contributed by atoms with Crippen LogP contribution in [0, 0.1) is 13.8 Å². The summed E-state index contributed by atoms with van der Waals surface area (Å²) in [6.07, 6.45) is 0. The van der Waals surface area contributed by atoms with Crippen LogP contribution in [0.2, 0.25) is 0 Å². The Morgan fingerprint density at radius 3 is 2.75 bits per heavy atom. The summed E-state index contributed by atoms with van der Waals surface area (Å²) in [5.41, 5.74) is 3.87. The largest absolute Gasteiger partial charge is 0.343 e. The van der Waals surface area contributed by atoms with E-state index in [1.807, 2.05) is 50.2 Å². The van der Waals surface area contributed by atoms with Crippen LogP contribution in [0.1, 0.15) is 26.6 Å². The summed E-state index contributed by atoms with van der Waals surface area (Å²) in [4.78, 5) is 18.5. The van der Waals surface area contributed by atoms with E-state index in [4.69, 9.17) is 0 Å². The number of Topliss-reactive ketones (excluding diaryl/α,β-unsaturated/α-hetero) is 1. The molecule has 3 aromatic heterocycles. The van der Waals surface area contributed by atoms with Crippen molar-refractivity contribution in [1.29, 1.82) is 0 Å². The molecular formula is C21H20N4OS2. The predicted molar refractivity (Wildman–Crippen MR) is 114 cm³/mol. The smallest absolute Gasteiger partial charge is 0.209 e. The highest BCUT2D eigenvalue weighted by atomic mass is 32.2. The number of nitrogens with one attached hydrogen (secondary N) is 1. The lowest BCUT2D eigenvalue weighted by Crippen LogP contribution is -2.07. The van der Waals surface area contributed by atoms with Gasteiger partial charge in [0.25, 0.3) is 0 Å². The van der Waals surface area contributed by atoms with Crippen molar-refractivity contribution in [2.75, 3.05) is 5.75 Å². The van der Waals surface area contributed by atoms with Gasteiger partial charge in [-0.1, -0.05) is 48.2 Å². The number of nitrogens with zero attached hydrogens (tertiary/aromatic N) is 3. The van der Waals surface area contributed by atoms with Crippen LogP contribution in [0.3, 0.4) is 0 Å². The Morgan fingerprint density at radius 2 is 2.00 bits per heavy atom. The Labute approximate surface area is 171 Å². The van der Waals surface area contributed by atoms with Crippen LogP contribution in [0.25, 0.3) is 11.4 Å². The molecule has 1 N–H and O–H groups in total. The van der Waals surface area contributed by atoms with Gasteiger partial charge >= 0.3 is 0 Å². The van der Waals surface area contributed by atoms with Gasteiger partial charge in [0.05, 0.1) is 12.3 Å². The molecular weight excluding hydrogens is 388 g/mol. The Hall–Kier alpha value is -2.64. The Balaban J connectivity index is 1.44. The van der Waals surface area contributed by atoms with E-state index in [0.717, 1.165) is 29.1 Å². The van der Waals surface area contributed by atoms with Gasteiger partial charge in [-0.25, -0.2) is 4.98 Å². The number of rotatable bonds is 7. The molecule has 28 heavy (non-hydrogen) atoms. The number of benzene rings is 1. The highest BCUT2D eigenvalue weighted by Crippen LogP contribution is 2.23. The molecule has 3 heterocycles. The summed E-state index contributed by atoms with van der Waals surface area (Å²) in [5.74, 6) is 1.13. The Morgan fingerprint density at radius 1 is 1.18 bits per heavy atom. The number of hydrogen-bond acceptors (Lipinski definition) is 5.